The Kier molecular flexibility index (Phi) is 2.61. The van der Waals surface area contributed by atoms with E-state index in [0.29, 0.717) is 6.42 Å². The molecule has 2 atom stereocenters. The summed E-state index contributed by atoms with van der Waals surface area (Å²) in [5, 5.41) is 10.2. The minimum atomic E-state index is -0.659. The SMILES string of the molecule is C[C@]1([C@@H](O)c2ccccc2)CCCC1=O. The van der Waals surface area contributed by atoms with Crippen molar-refractivity contribution >= 4 is 5.78 Å². The third-order valence-corrected chi connectivity index (χ3v) is 3.46. The number of benzene rings is 1. The van der Waals surface area contributed by atoms with Crippen LogP contribution in [0.3, 0.4) is 0 Å². The van der Waals surface area contributed by atoms with Crippen LogP contribution in [0.1, 0.15) is 37.9 Å². The van der Waals surface area contributed by atoms with Gasteiger partial charge in [0, 0.05) is 6.42 Å². The van der Waals surface area contributed by atoms with Crippen LogP contribution in [0.2, 0.25) is 0 Å². The van der Waals surface area contributed by atoms with Crippen molar-refractivity contribution in [3.05, 3.63) is 35.9 Å². The monoisotopic (exact) mass is 204 g/mol. The number of aliphatic hydroxyl groups is 1. The number of hydrogen-bond acceptors (Lipinski definition) is 2. The predicted molar refractivity (Wildman–Crippen MR) is 58.4 cm³/mol. The molecule has 0 aliphatic heterocycles. The molecule has 0 spiro atoms. The molecule has 1 fully saturated rings. The van der Waals surface area contributed by atoms with Crippen LogP contribution in [0, 0.1) is 5.41 Å². The molecular formula is C13H16O2. The number of aliphatic hydroxyl groups excluding tert-OH is 1. The van der Waals surface area contributed by atoms with E-state index in [9.17, 15) is 9.90 Å². The van der Waals surface area contributed by atoms with Crippen molar-refractivity contribution in [1.82, 2.24) is 0 Å². The third kappa shape index (κ3) is 1.70. The molecule has 0 saturated heterocycles. The molecule has 0 amide bonds. The lowest BCUT2D eigenvalue weighted by Gasteiger charge is -2.28. The summed E-state index contributed by atoms with van der Waals surface area (Å²) in [6.45, 7) is 1.88. The van der Waals surface area contributed by atoms with E-state index in [4.69, 9.17) is 0 Å². The molecule has 1 aromatic carbocycles. The summed E-state index contributed by atoms with van der Waals surface area (Å²) < 4.78 is 0. The lowest BCUT2D eigenvalue weighted by Crippen LogP contribution is -2.29. The Balaban J connectivity index is 2.28. The molecule has 1 saturated carbocycles. The molecule has 2 nitrogen and oxygen atoms in total. The lowest BCUT2D eigenvalue weighted by atomic mass is 9.78. The Hall–Kier alpha value is -1.15. The molecule has 0 aromatic heterocycles. The number of carbonyl (C=O) groups excluding carboxylic acids is 1. The number of carbonyl (C=O) groups is 1. The quantitative estimate of drug-likeness (QED) is 0.803. The Bertz CT molecular complexity index is 358. The molecule has 2 rings (SSSR count). The maximum Gasteiger partial charge on any atom is 0.141 e. The molecule has 0 heterocycles. The van der Waals surface area contributed by atoms with Gasteiger partial charge in [-0.3, -0.25) is 4.79 Å². The fourth-order valence-electron chi connectivity index (χ4n) is 2.33. The van der Waals surface area contributed by atoms with Crippen LogP contribution in [0.25, 0.3) is 0 Å². The highest BCUT2D eigenvalue weighted by Crippen LogP contribution is 2.44. The van der Waals surface area contributed by atoms with E-state index in [-0.39, 0.29) is 5.78 Å². The van der Waals surface area contributed by atoms with Gasteiger partial charge in [0.2, 0.25) is 0 Å². The van der Waals surface area contributed by atoms with Crippen LogP contribution in [0.15, 0.2) is 30.3 Å². The van der Waals surface area contributed by atoms with Crippen LogP contribution in [-0.4, -0.2) is 10.9 Å². The highest BCUT2D eigenvalue weighted by Gasteiger charge is 2.43. The zero-order valence-corrected chi connectivity index (χ0v) is 8.94. The zero-order chi connectivity index (χ0) is 10.9. The third-order valence-electron chi connectivity index (χ3n) is 3.46. The number of rotatable bonds is 2. The maximum atomic E-state index is 11.8. The molecule has 80 valence electrons. The molecule has 1 aliphatic rings. The molecule has 0 radical (unpaired) electrons. The predicted octanol–water partition coefficient (Wildman–Crippen LogP) is 2.48. The maximum absolute atomic E-state index is 11.8. The van der Waals surface area contributed by atoms with Crippen LogP contribution in [-0.2, 0) is 4.79 Å². The van der Waals surface area contributed by atoms with Gasteiger partial charge in [-0.25, -0.2) is 0 Å². The number of hydrogen-bond donors (Lipinski definition) is 1. The summed E-state index contributed by atoms with van der Waals surface area (Å²) in [5.74, 6) is 0.193. The first-order chi connectivity index (χ1) is 7.14. The highest BCUT2D eigenvalue weighted by atomic mass is 16.3. The number of ketones is 1. The smallest absolute Gasteiger partial charge is 0.141 e. The summed E-state index contributed by atoms with van der Waals surface area (Å²) in [4.78, 5) is 11.8. The Morgan fingerprint density at radius 3 is 2.53 bits per heavy atom. The molecule has 15 heavy (non-hydrogen) atoms. The average molecular weight is 204 g/mol. The average Bonchev–Trinajstić information content (AvgIpc) is 2.61. The molecule has 1 aromatic rings. The first-order valence-corrected chi connectivity index (χ1v) is 5.41. The van der Waals surface area contributed by atoms with E-state index in [2.05, 4.69) is 0 Å². The van der Waals surface area contributed by atoms with Gasteiger partial charge in [-0.05, 0) is 25.3 Å². The van der Waals surface area contributed by atoms with E-state index in [1.807, 2.05) is 37.3 Å². The van der Waals surface area contributed by atoms with Crippen LogP contribution < -0.4 is 0 Å². The van der Waals surface area contributed by atoms with Gasteiger partial charge in [-0.1, -0.05) is 30.3 Å². The second kappa shape index (κ2) is 3.78. The van der Waals surface area contributed by atoms with E-state index >= 15 is 0 Å². The first kappa shape index (κ1) is 10.4. The van der Waals surface area contributed by atoms with E-state index in [0.717, 1.165) is 18.4 Å². The standard InChI is InChI=1S/C13H16O2/c1-13(9-5-8-11(13)14)12(15)10-6-3-2-4-7-10/h2-4,6-7,12,15H,5,8-9H2,1H3/t12-,13-/m0/s1. The zero-order valence-electron chi connectivity index (χ0n) is 8.94. The largest absolute Gasteiger partial charge is 0.387 e. The topological polar surface area (TPSA) is 37.3 Å². The minimum absolute atomic E-state index is 0.193. The van der Waals surface area contributed by atoms with Crippen LogP contribution in [0.4, 0.5) is 0 Å². The van der Waals surface area contributed by atoms with Gasteiger partial charge < -0.3 is 5.11 Å². The van der Waals surface area contributed by atoms with Crippen molar-refractivity contribution in [3.63, 3.8) is 0 Å². The van der Waals surface area contributed by atoms with Gasteiger partial charge in [-0.15, -0.1) is 0 Å². The van der Waals surface area contributed by atoms with Gasteiger partial charge in [0.05, 0.1) is 11.5 Å². The summed E-state index contributed by atoms with van der Waals surface area (Å²) in [6.07, 6.45) is 1.65. The van der Waals surface area contributed by atoms with Crippen molar-refractivity contribution in [2.24, 2.45) is 5.41 Å². The summed E-state index contributed by atoms with van der Waals surface area (Å²) >= 11 is 0. The van der Waals surface area contributed by atoms with Crippen molar-refractivity contribution < 1.29 is 9.90 Å². The fraction of sp³-hybridized carbons (Fsp3) is 0.462. The fourth-order valence-corrected chi connectivity index (χ4v) is 2.33. The van der Waals surface area contributed by atoms with Gasteiger partial charge in [0.25, 0.3) is 0 Å². The lowest BCUT2D eigenvalue weighted by molar-refractivity contribution is -0.131. The summed E-state index contributed by atoms with van der Waals surface area (Å²) in [6, 6.07) is 9.45. The second-order valence-electron chi connectivity index (χ2n) is 4.51. The van der Waals surface area contributed by atoms with E-state index in [1.165, 1.54) is 0 Å². The molecule has 0 bridgehead atoms. The first-order valence-electron chi connectivity index (χ1n) is 5.41. The Morgan fingerprint density at radius 1 is 1.33 bits per heavy atom. The van der Waals surface area contributed by atoms with Crippen molar-refractivity contribution in [3.8, 4) is 0 Å². The van der Waals surface area contributed by atoms with Gasteiger partial charge in [0.15, 0.2) is 0 Å². The molecule has 1 aliphatic carbocycles. The summed E-state index contributed by atoms with van der Waals surface area (Å²) in [5.41, 5.74) is 0.275. The molecule has 1 N–H and O–H groups in total. The van der Waals surface area contributed by atoms with Gasteiger partial charge >= 0.3 is 0 Å². The van der Waals surface area contributed by atoms with Crippen molar-refractivity contribution in [2.75, 3.05) is 0 Å². The van der Waals surface area contributed by atoms with Gasteiger partial charge in [0.1, 0.15) is 5.78 Å². The minimum Gasteiger partial charge on any atom is -0.387 e. The molecule has 0 unspecified atom stereocenters. The molecule has 2 heteroatoms. The van der Waals surface area contributed by atoms with Crippen LogP contribution in [0.5, 0.6) is 0 Å². The van der Waals surface area contributed by atoms with Crippen molar-refractivity contribution in [1.29, 1.82) is 0 Å². The van der Waals surface area contributed by atoms with Crippen molar-refractivity contribution in [2.45, 2.75) is 32.3 Å². The second-order valence-corrected chi connectivity index (χ2v) is 4.51. The van der Waals surface area contributed by atoms with E-state index in [1.54, 1.807) is 0 Å². The van der Waals surface area contributed by atoms with Crippen LogP contribution >= 0.6 is 0 Å². The molecular weight excluding hydrogens is 188 g/mol. The highest BCUT2D eigenvalue weighted by molar-refractivity contribution is 5.87. The Morgan fingerprint density at radius 2 is 2.00 bits per heavy atom. The summed E-state index contributed by atoms with van der Waals surface area (Å²) in [7, 11) is 0. The van der Waals surface area contributed by atoms with E-state index < -0.39 is 11.5 Å². The Labute approximate surface area is 89.9 Å². The number of Topliss-reactive ketones (excluding diaryl/α,β-unsaturated/α-hetero) is 1. The normalized spacial score (nSPS) is 28.0. The van der Waals surface area contributed by atoms with Gasteiger partial charge in [-0.2, -0.15) is 0 Å².